The van der Waals surface area contributed by atoms with Crippen molar-refractivity contribution in [3.63, 3.8) is 0 Å². The lowest BCUT2D eigenvalue weighted by Crippen LogP contribution is -2.27. The number of hydrogen-bond acceptors (Lipinski definition) is 4. The quantitative estimate of drug-likeness (QED) is 0.768. The van der Waals surface area contributed by atoms with E-state index in [0.717, 1.165) is 11.3 Å². The third kappa shape index (κ3) is 4.44. The molecule has 1 aromatic carbocycles. The lowest BCUT2D eigenvalue weighted by atomic mass is 10.1. The fourth-order valence-corrected chi connectivity index (χ4v) is 1.48. The van der Waals surface area contributed by atoms with Crippen LogP contribution in [0.3, 0.4) is 0 Å². The normalized spacial score (nSPS) is 11.9. The summed E-state index contributed by atoms with van der Waals surface area (Å²) in [6.45, 7) is 4.41. The van der Waals surface area contributed by atoms with Gasteiger partial charge in [-0.25, -0.2) is 0 Å². The molecule has 0 aliphatic rings. The van der Waals surface area contributed by atoms with Crippen LogP contribution in [0.25, 0.3) is 0 Å². The van der Waals surface area contributed by atoms with Gasteiger partial charge in [-0.05, 0) is 31.5 Å². The number of methoxy groups -OCH3 is 1. The van der Waals surface area contributed by atoms with E-state index in [0.29, 0.717) is 6.61 Å². The number of carbonyl (C=O) groups excluding carboxylic acids is 1. The summed E-state index contributed by atoms with van der Waals surface area (Å²) in [5.74, 6) is 0.578. The van der Waals surface area contributed by atoms with Gasteiger partial charge >= 0.3 is 5.97 Å². The van der Waals surface area contributed by atoms with Crippen LogP contribution in [0.5, 0.6) is 5.75 Å². The van der Waals surface area contributed by atoms with Crippen molar-refractivity contribution in [3.8, 4) is 5.75 Å². The van der Waals surface area contributed by atoms with Crippen LogP contribution in [-0.2, 0) is 9.53 Å². The summed E-state index contributed by atoms with van der Waals surface area (Å²) in [5.41, 5.74) is 1.08. The van der Waals surface area contributed by atoms with Crippen LogP contribution >= 0.6 is 0 Å². The zero-order valence-corrected chi connectivity index (χ0v) is 10.5. The second kappa shape index (κ2) is 6.91. The van der Waals surface area contributed by atoms with E-state index in [1.54, 1.807) is 14.0 Å². The van der Waals surface area contributed by atoms with Crippen molar-refractivity contribution in [2.75, 3.05) is 20.3 Å². The molecule has 0 bridgehead atoms. The maximum atomic E-state index is 11.2. The van der Waals surface area contributed by atoms with E-state index in [9.17, 15) is 4.79 Å². The number of ether oxygens (including phenoxy) is 2. The van der Waals surface area contributed by atoms with Crippen molar-refractivity contribution < 1.29 is 14.3 Å². The van der Waals surface area contributed by atoms with Gasteiger partial charge in [0, 0.05) is 6.04 Å². The fraction of sp³-hybridized carbons (Fsp3) is 0.462. The first kappa shape index (κ1) is 13.5. The number of carbonyl (C=O) groups is 1. The monoisotopic (exact) mass is 237 g/mol. The highest BCUT2D eigenvalue weighted by Crippen LogP contribution is 2.18. The molecule has 4 heteroatoms. The molecule has 0 unspecified atom stereocenters. The summed E-state index contributed by atoms with van der Waals surface area (Å²) in [4.78, 5) is 11.2. The molecule has 0 fully saturated rings. The van der Waals surface area contributed by atoms with Crippen LogP contribution < -0.4 is 10.1 Å². The summed E-state index contributed by atoms with van der Waals surface area (Å²) in [6, 6.07) is 7.83. The predicted molar refractivity (Wildman–Crippen MR) is 66.0 cm³/mol. The lowest BCUT2D eigenvalue weighted by Gasteiger charge is -2.14. The Hall–Kier alpha value is -1.55. The third-order valence-corrected chi connectivity index (χ3v) is 2.45. The van der Waals surface area contributed by atoms with E-state index >= 15 is 0 Å². The van der Waals surface area contributed by atoms with Gasteiger partial charge in [-0.3, -0.25) is 4.79 Å². The standard InChI is InChI=1S/C13H19NO3/c1-4-17-13(15)9-14-10(2)11-6-5-7-12(8-11)16-3/h5-8,10,14H,4,9H2,1-3H3/t10-/m1/s1. The number of hydrogen-bond donors (Lipinski definition) is 1. The second-order valence-corrected chi connectivity index (χ2v) is 3.68. The number of rotatable bonds is 6. The van der Waals surface area contributed by atoms with Crippen LogP contribution in [0, 0.1) is 0 Å². The molecule has 0 spiro atoms. The number of benzene rings is 1. The van der Waals surface area contributed by atoms with E-state index in [-0.39, 0.29) is 18.6 Å². The highest BCUT2D eigenvalue weighted by molar-refractivity contribution is 5.71. The Kier molecular flexibility index (Phi) is 5.49. The Labute approximate surface area is 102 Å². The highest BCUT2D eigenvalue weighted by atomic mass is 16.5. The SMILES string of the molecule is CCOC(=O)CN[C@H](C)c1cccc(OC)c1. The van der Waals surface area contributed by atoms with E-state index in [1.165, 1.54) is 0 Å². The van der Waals surface area contributed by atoms with Crippen molar-refractivity contribution in [2.24, 2.45) is 0 Å². The zero-order chi connectivity index (χ0) is 12.7. The molecule has 0 aromatic heterocycles. The van der Waals surface area contributed by atoms with Crippen LogP contribution in [0.15, 0.2) is 24.3 Å². The molecule has 1 aromatic rings. The van der Waals surface area contributed by atoms with Crippen molar-refractivity contribution in [2.45, 2.75) is 19.9 Å². The minimum atomic E-state index is -0.234. The van der Waals surface area contributed by atoms with Crippen molar-refractivity contribution in [1.29, 1.82) is 0 Å². The van der Waals surface area contributed by atoms with E-state index in [1.807, 2.05) is 31.2 Å². The van der Waals surface area contributed by atoms with Crippen LogP contribution in [0.2, 0.25) is 0 Å². The van der Waals surface area contributed by atoms with Gasteiger partial charge in [0.1, 0.15) is 5.75 Å². The van der Waals surface area contributed by atoms with Crippen LogP contribution in [0.1, 0.15) is 25.5 Å². The van der Waals surface area contributed by atoms with E-state index in [4.69, 9.17) is 9.47 Å². The molecular weight excluding hydrogens is 218 g/mol. The van der Waals surface area contributed by atoms with Gasteiger partial charge in [-0.15, -0.1) is 0 Å². The molecule has 0 saturated carbocycles. The average Bonchev–Trinajstić information content (AvgIpc) is 2.36. The lowest BCUT2D eigenvalue weighted by molar-refractivity contribution is -0.142. The topological polar surface area (TPSA) is 47.6 Å². The average molecular weight is 237 g/mol. The number of nitrogens with one attached hydrogen (secondary N) is 1. The molecule has 0 heterocycles. The maximum Gasteiger partial charge on any atom is 0.319 e. The molecule has 0 aliphatic heterocycles. The Morgan fingerprint density at radius 1 is 1.47 bits per heavy atom. The van der Waals surface area contributed by atoms with Gasteiger partial charge in [0.2, 0.25) is 0 Å². The Morgan fingerprint density at radius 2 is 2.24 bits per heavy atom. The predicted octanol–water partition coefficient (Wildman–Crippen LogP) is 1.91. The molecule has 1 atom stereocenters. The summed E-state index contributed by atoms with van der Waals surface area (Å²) >= 11 is 0. The molecular formula is C13H19NO3. The Morgan fingerprint density at radius 3 is 2.88 bits per heavy atom. The minimum absolute atomic E-state index is 0.0782. The van der Waals surface area contributed by atoms with E-state index in [2.05, 4.69) is 5.32 Å². The molecule has 0 saturated heterocycles. The fourth-order valence-electron chi connectivity index (χ4n) is 1.48. The largest absolute Gasteiger partial charge is 0.497 e. The maximum absolute atomic E-state index is 11.2. The van der Waals surface area contributed by atoms with Gasteiger partial charge < -0.3 is 14.8 Å². The molecule has 1 N–H and O–H groups in total. The second-order valence-electron chi connectivity index (χ2n) is 3.68. The van der Waals surface area contributed by atoms with Crippen molar-refractivity contribution in [3.05, 3.63) is 29.8 Å². The van der Waals surface area contributed by atoms with Crippen molar-refractivity contribution >= 4 is 5.97 Å². The first-order valence-corrected chi connectivity index (χ1v) is 5.70. The highest BCUT2D eigenvalue weighted by Gasteiger charge is 2.08. The van der Waals surface area contributed by atoms with Gasteiger partial charge in [-0.1, -0.05) is 12.1 Å². The molecule has 4 nitrogen and oxygen atoms in total. The van der Waals surface area contributed by atoms with Gasteiger partial charge in [0.05, 0.1) is 20.3 Å². The minimum Gasteiger partial charge on any atom is -0.497 e. The first-order valence-electron chi connectivity index (χ1n) is 5.70. The summed E-state index contributed by atoms with van der Waals surface area (Å²) in [5, 5.41) is 3.10. The van der Waals surface area contributed by atoms with Crippen LogP contribution in [0.4, 0.5) is 0 Å². The third-order valence-electron chi connectivity index (χ3n) is 2.45. The first-order chi connectivity index (χ1) is 8.17. The molecule has 1 rings (SSSR count). The smallest absolute Gasteiger partial charge is 0.319 e. The summed E-state index contributed by atoms with van der Waals surface area (Å²) in [7, 11) is 1.63. The Balaban J connectivity index is 2.51. The zero-order valence-electron chi connectivity index (χ0n) is 10.5. The summed E-state index contributed by atoms with van der Waals surface area (Å²) in [6.07, 6.45) is 0. The van der Waals surface area contributed by atoms with E-state index < -0.39 is 0 Å². The summed E-state index contributed by atoms with van der Waals surface area (Å²) < 4.78 is 10.00. The number of esters is 1. The molecule has 17 heavy (non-hydrogen) atoms. The van der Waals surface area contributed by atoms with Gasteiger partial charge in [0.25, 0.3) is 0 Å². The molecule has 0 aliphatic carbocycles. The molecule has 0 amide bonds. The van der Waals surface area contributed by atoms with Crippen LogP contribution in [-0.4, -0.2) is 26.2 Å². The Bertz CT molecular complexity index is 365. The van der Waals surface area contributed by atoms with Crippen molar-refractivity contribution in [1.82, 2.24) is 5.32 Å². The molecule has 94 valence electrons. The van der Waals surface area contributed by atoms with Gasteiger partial charge in [0.15, 0.2) is 0 Å². The van der Waals surface area contributed by atoms with Gasteiger partial charge in [-0.2, -0.15) is 0 Å². The molecule has 0 radical (unpaired) electrons.